The van der Waals surface area contributed by atoms with Crippen LogP contribution in [-0.4, -0.2) is 23.1 Å². The molecule has 9 heteroatoms. The second-order valence-corrected chi connectivity index (χ2v) is 2.20. The minimum atomic E-state index is -6.26. The number of hydrogen-bond donors (Lipinski definition) is 1. The molecule has 14 heavy (non-hydrogen) atoms. The molecule has 0 rings (SSSR count). The van der Waals surface area contributed by atoms with Gasteiger partial charge in [-0.05, 0) is 0 Å². The van der Waals surface area contributed by atoms with Gasteiger partial charge in [-0.15, -0.1) is 0 Å². The van der Waals surface area contributed by atoms with Crippen molar-refractivity contribution in [3.8, 4) is 0 Å². The van der Waals surface area contributed by atoms with Crippen LogP contribution in [0.3, 0.4) is 0 Å². The van der Waals surface area contributed by atoms with Crippen molar-refractivity contribution in [2.45, 2.75) is 18.0 Å². The normalized spacial score (nSPS) is 14.1. The van der Waals surface area contributed by atoms with Gasteiger partial charge in [0.25, 0.3) is 11.7 Å². The summed E-state index contributed by atoms with van der Waals surface area (Å²) in [5, 5.41) is 8.05. The summed E-state index contributed by atoms with van der Waals surface area (Å²) in [5.74, 6) is 0. The molecule has 0 aromatic carbocycles. The number of hydrogen-bond acceptors (Lipinski definition) is 1. The molecule has 0 unspecified atom stereocenters. The molecule has 0 saturated heterocycles. The molecule has 0 heterocycles. The van der Waals surface area contributed by atoms with Crippen molar-refractivity contribution in [1.29, 1.82) is 0 Å². The van der Waals surface area contributed by atoms with E-state index in [2.05, 4.69) is 0 Å². The van der Waals surface area contributed by atoms with E-state index in [-0.39, 0.29) is 0 Å². The second-order valence-electron chi connectivity index (χ2n) is 2.20. The maximum absolute atomic E-state index is 11.6. The summed E-state index contributed by atoms with van der Waals surface area (Å²) in [7, 11) is 0. The molecule has 0 aliphatic rings. The van der Waals surface area contributed by atoms with E-state index in [1.54, 1.807) is 0 Å². The molecule has 0 amide bonds. The molecule has 0 aromatic heterocycles. The van der Waals surface area contributed by atoms with Gasteiger partial charge in [0.15, 0.2) is 0 Å². The van der Waals surface area contributed by atoms with Gasteiger partial charge in [-0.1, -0.05) is 0 Å². The van der Waals surface area contributed by atoms with E-state index < -0.39 is 30.1 Å². The number of alkyl halides is 6. The highest BCUT2D eigenvalue weighted by Gasteiger charge is 2.69. The van der Waals surface area contributed by atoms with Gasteiger partial charge in [0.1, 0.15) is 0 Å². The van der Waals surface area contributed by atoms with Gasteiger partial charge in [-0.3, -0.25) is 0 Å². The minimum absolute atomic E-state index is 1.59. The van der Waals surface area contributed by atoms with Crippen LogP contribution in [0, 0.1) is 0 Å². The van der Waals surface area contributed by atoms with Crippen LogP contribution in [0.5, 0.6) is 0 Å². The van der Waals surface area contributed by atoms with Crippen LogP contribution < -0.4 is 0 Å². The first-order valence-corrected chi connectivity index (χ1v) is 2.81. The fourth-order valence-corrected chi connectivity index (χ4v) is 0.482. The molecule has 0 bridgehead atoms. The summed E-state index contributed by atoms with van der Waals surface area (Å²) in [6, 6.07) is 0. The molecular formula is C5H2F8O. The summed E-state index contributed by atoms with van der Waals surface area (Å²) in [4.78, 5) is 0. The Bertz CT molecular complexity index is 217. The molecule has 0 aliphatic heterocycles. The molecule has 1 nitrogen and oxygen atoms in total. The van der Waals surface area contributed by atoms with Crippen LogP contribution in [0.15, 0.2) is 12.2 Å². The number of aliphatic hydroxyl groups is 1. The standard InChI is InChI=1S/C5H2F8O/c6-2(7)1-3(14,4(8,9)10)5(11,12)13/h1,14H. The lowest BCUT2D eigenvalue weighted by Crippen LogP contribution is -2.55. The Morgan fingerprint density at radius 2 is 1.14 bits per heavy atom. The van der Waals surface area contributed by atoms with E-state index in [1.165, 1.54) is 0 Å². The van der Waals surface area contributed by atoms with Crippen molar-refractivity contribution in [1.82, 2.24) is 0 Å². The van der Waals surface area contributed by atoms with Crippen LogP contribution >= 0.6 is 0 Å². The van der Waals surface area contributed by atoms with E-state index in [0.717, 1.165) is 0 Å². The third-order valence-corrected chi connectivity index (χ3v) is 1.18. The van der Waals surface area contributed by atoms with Gasteiger partial charge >= 0.3 is 12.4 Å². The molecule has 0 atom stereocenters. The van der Waals surface area contributed by atoms with Gasteiger partial charge in [0, 0.05) is 6.08 Å². The quantitative estimate of drug-likeness (QED) is 0.686. The highest BCUT2D eigenvalue weighted by molar-refractivity contribution is 5.10. The third-order valence-electron chi connectivity index (χ3n) is 1.18. The summed E-state index contributed by atoms with van der Waals surface area (Å²) in [6.45, 7) is 0. The average Bonchev–Trinajstić information content (AvgIpc) is 1.79. The maximum atomic E-state index is 11.6. The minimum Gasteiger partial charge on any atom is -0.370 e. The molecule has 0 aliphatic carbocycles. The van der Waals surface area contributed by atoms with Gasteiger partial charge in [0.05, 0.1) is 0 Å². The van der Waals surface area contributed by atoms with E-state index in [0.29, 0.717) is 0 Å². The van der Waals surface area contributed by atoms with Gasteiger partial charge in [0.2, 0.25) is 0 Å². The Kier molecular flexibility index (Phi) is 3.16. The first-order valence-electron chi connectivity index (χ1n) is 2.81. The highest BCUT2D eigenvalue weighted by Crippen LogP contribution is 2.44. The fraction of sp³-hybridized carbons (Fsp3) is 0.600. The molecule has 0 fully saturated rings. The topological polar surface area (TPSA) is 20.2 Å². The Hall–Kier alpha value is -0.860. The van der Waals surface area contributed by atoms with Crippen molar-refractivity contribution in [3.63, 3.8) is 0 Å². The Morgan fingerprint density at radius 1 is 0.857 bits per heavy atom. The van der Waals surface area contributed by atoms with Gasteiger partial charge in [-0.25, -0.2) is 0 Å². The van der Waals surface area contributed by atoms with Gasteiger partial charge in [-0.2, -0.15) is 35.1 Å². The van der Waals surface area contributed by atoms with E-state index in [9.17, 15) is 35.1 Å². The third kappa shape index (κ3) is 2.34. The predicted molar refractivity (Wildman–Crippen MR) is 27.4 cm³/mol. The summed E-state index contributed by atoms with van der Waals surface area (Å²) in [5.41, 5.74) is -5.52. The molecular weight excluding hydrogens is 228 g/mol. The second kappa shape index (κ2) is 3.37. The van der Waals surface area contributed by atoms with E-state index >= 15 is 0 Å². The Labute approximate surface area is 71.6 Å². The smallest absolute Gasteiger partial charge is 0.370 e. The summed E-state index contributed by atoms with van der Waals surface area (Å²) in [6.07, 6.45) is -17.4. The van der Waals surface area contributed by atoms with Crippen molar-refractivity contribution < 1.29 is 40.2 Å². The number of rotatable bonds is 1. The van der Waals surface area contributed by atoms with Crippen LogP contribution in [0.4, 0.5) is 35.1 Å². The largest absolute Gasteiger partial charge is 0.430 e. The molecule has 1 N–H and O–H groups in total. The lowest BCUT2D eigenvalue weighted by atomic mass is 10.0. The summed E-state index contributed by atoms with van der Waals surface area (Å²) < 4.78 is 92.3. The van der Waals surface area contributed by atoms with Gasteiger partial charge < -0.3 is 5.11 Å². The lowest BCUT2D eigenvalue weighted by Gasteiger charge is -2.28. The molecule has 0 radical (unpaired) electrons. The monoisotopic (exact) mass is 230 g/mol. The van der Waals surface area contributed by atoms with Crippen molar-refractivity contribution in [3.05, 3.63) is 12.2 Å². The molecule has 84 valence electrons. The Morgan fingerprint density at radius 3 is 1.21 bits per heavy atom. The summed E-state index contributed by atoms with van der Waals surface area (Å²) >= 11 is 0. The zero-order chi connectivity index (χ0) is 11.8. The van der Waals surface area contributed by atoms with Crippen molar-refractivity contribution in [2.24, 2.45) is 0 Å². The molecule has 0 aromatic rings. The van der Waals surface area contributed by atoms with Crippen molar-refractivity contribution in [2.75, 3.05) is 0 Å². The van der Waals surface area contributed by atoms with Crippen LogP contribution in [0.2, 0.25) is 0 Å². The van der Waals surface area contributed by atoms with Crippen LogP contribution in [-0.2, 0) is 0 Å². The highest BCUT2D eigenvalue weighted by atomic mass is 19.4. The first-order chi connectivity index (χ1) is 5.92. The predicted octanol–water partition coefficient (Wildman–Crippen LogP) is 2.62. The molecule has 0 saturated carbocycles. The van der Waals surface area contributed by atoms with Crippen molar-refractivity contribution >= 4 is 0 Å². The van der Waals surface area contributed by atoms with Crippen LogP contribution in [0.1, 0.15) is 0 Å². The zero-order valence-electron chi connectivity index (χ0n) is 6.05. The van der Waals surface area contributed by atoms with Crippen LogP contribution in [0.25, 0.3) is 0 Å². The number of halogens is 8. The fourth-order valence-electron chi connectivity index (χ4n) is 0.482. The first kappa shape index (κ1) is 13.1. The maximum Gasteiger partial charge on any atom is 0.430 e. The zero-order valence-corrected chi connectivity index (χ0v) is 6.05. The molecule has 0 spiro atoms. The van der Waals surface area contributed by atoms with E-state index in [4.69, 9.17) is 5.11 Å². The average molecular weight is 230 g/mol. The SMILES string of the molecule is OC(C=C(F)F)(C(F)(F)F)C(F)(F)F. The van der Waals surface area contributed by atoms with E-state index in [1.807, 2.05) is 0 Å². The lowest BCUT2D eigenvalue weighted by molar-refractivity contribution is -0.348. The Balaban J connectivity index is 5.41.